The van der Waals surface area contributed by atoms with Gasteiger partial charge in [-0.2, -0.15) is 4.31 Å². The van der Waals surface area contributed by atoms with E-state index in [0.717, 1.165) is 25.3 Å². The molecule has 1 fully saturated rings. The number of hydrogen-bond acceptors (Lipinski definition) is 4. The number of carbonyl (C=O) groups excluding carboxylic acids is 1. The SMILES string of the molecule is COc1ccc(C(=O)Nc2ccc(S(=O)(=O)N3CCCCC3)cc2)cc1F. The zero-order valence-corrected chi connectivity index (χ0v) is 15.8. The Hall–Kier alpha value is -2.45. The summed E-state index contributed by atoms with van der Waals surface area (Å²) in [6.07, 6.45) is 2.78. The van der Waals surface area contributed by atoms with Crippen LogP contribution in [-0.4, -0.2) is 38.8 Å². The molecule has 0 aromatic heterocycles. The molecule has 0 spiro atoms. The molecule has 8 heteroatoms. The van der Waals surface area contributed by atoms with E-state index in [1.165, 1.54) is 47.8 Å². The van der Waals surface area contributed by atoms with Crippen LogP contribution in [-0.2, 0) is 10.0 Å². The second-order valence-corrected chi connectivity index (χ2v) is 8.23. The molecule has 0 atom stereocenters. The number of halogens is 1. The first-order valence-electron chi connectivity index (χ1n) is 8.67. The summed E-state index contributed by atoms with van der Waals surface area (Å²) in [5, 5.41) is 2.63. The lowest BCUT2D eigenvalue weighted by Gasteiger charge is -2.25. The van der Waals surface area contributed by atoms with E-state index in [1.54, 1.807) is 0 Å². The Morgan fingerprint density at radius 1 is 1.07 bits per heavy atom. The Balaban J connectivity index is 1.72. The van der Waals surface area contributed by atoms with Gasteiger partial charge in [-0.05, 0) is 55.3 Å². The minimum atomic E-state index is -3.52. The second-order valence-electron chi connectivity index (χ2n) is 6.29. The van der Waals surface area contributed by atoms with Crippen molar-refractivity contribution in [1.29, 1.82) is 0 Å². The summed E-state index contributed by atoms with van der Waals surface area (Å²) in [5.41, 5.74) is 0.562. The highest BCUT2D eigenvalue weighted by Gasteiger charge is 2.25. The summed E-state index contributed by atoms with van der Waals surface area (Å²) in [4.78, 5) is 12.4. The molecule has 1 amide bonds. The van der Waals surface area contributed by atoms with Crippen LogP contribution in [0, 0.1) is 5.82 Å². The van der Waals surface area contributed by atoms with Crippen molar-refractivity contribution in [2.24, 2.45) is 0 Å². The summed E-state index contributed by atoms with van der Waals surface area (Å²) < 4.78 is 45.3. The third-order valence-electron chi connectivity index (χ3n) is 4.48. The van der Waals surface area contributed by atoms with Gasteiger partial charge in [-0.15, -0.1) is 0 Å². The van der Waals surface area contributed by atoms with E-state index in [1.807, 2.05) is 0 Å². The van der Waals surface area contributed by atoms with E-state index < -0.39 is 21.7 Å². The Kier molecular flexibility index (Phi) is 5.76. The summed E-state index contributed by atoms with van der Waals surface area (Å²) in [7, 11) is -2.17. The van der Waals surface area contributed by atoms with E-state index in [9.17, 15) is 17.6 Å². The van der Waals surface area contributed by atoms with Gasteiger partial charge in [-0.25, -0.2) is 12.8 Å². The Labute approximate surface area is 158 Å². The third-order valence-corrected chi connectivity index (χ3v) is 6.39. The van der Waals surface area contributed by atoms with Crippen molar-refractivity contribution in [2.75, 3.05) is 25.5 Å². The summed E-state index contributed by atoms with van der Waals surface area (Å²) in [6, 6.07) is 9.89. The van der Waals surface area contributed by atoms with Gasteiger partial charge in [0.2, 0.25) is 10.0 Å². The van der Waals surface area contributed by atoms with Crippen LogP contribution >= 0.6 is 0 Å². The fraction of sp³-hybridized carbons (Fsp3) is 0.316. The normalized spacial score (nSPS) is 15.3. The monoisotopic (exact) mass is 392 g/mol. The number of ether oxygens (including phenoxy) is 1. The Morgan fingerprint density at radius 2 is 1.74 bits per heavy atom. The maximum atomic E-state index is 13.7. The number of amides is 1. The van der Waals surface area contributed by atoms with Gasteiger partial charge in [0.25, 0.3) is 5.91 Å². The van der Waals surface area contributed by atoms with Crippen LogP contribution in [0.2, 0.25) is 0 Å². The number of benzene rings is 2. The van der Waals surface area contributed by atoms with E-state index in [-0.39, 0.29) is 16.2 Å². The zero-order chi connectivity index (χ0) is 19.4. The molecule has 0 unspecified atom stereocenters. The van der Waals surface area contributed by atoms with Crippen LogP contribution in [0.25, 0.3) is 0 Å². The van der Waals surface area contributed by atoms with Crippen molar-refractivity contribution in [3.8, 4) is 5.75 Å². The van der Waals surface area contributed by atoms with Gasteiger partial charge < -0.3 is 10.1 Å². The molecule has 0 aliphatic carbocycles. The van der Waals surface area contributed by atoms with Crippen molar-refractivity contribution in [3.63, 3.8) is 0 Å². The number of hydrogen-bond donors (Lipinski definition) is 1. The minimum Gasteiger partial charge on any atom is -0.494 e. The molecule has 0 saturated carbocycles. The number of piperidine rings is 1. The molecular weight excluding hydrogens is 371 g/mol. The van der Waals surface area contributed by atoms with Crippen molar-refractivity contribution in [1.82, 2.24) is 4.31 Å². The van der Waals surface area contributed by atoms with Crippen molar-refractivity contribution >= 4 is 21.6 Å². The molecule has 1 saturated heterocycles. The molecule has 6 nitrogen and oxygen atoms in total. The Bertz CT molecular complexity index is 923. The minimum absolute atomic E-state index is 0.0545. The van der Waals surface area contributed by atoms with Crippen LogP contribution in [0.3, 0.4) is 0 Å². The molecule has 3 rings (SSSR count). The average Bonchev–Trinajstić information content (AvgIpc) is 2.69. The van der Waals surface area contributed by atoms with Crippen LogP contribution in [0.5, 0.6) is 5.75 Å². The third kappa shape index (κ3) is 4.28. The topological polar surface area (TPSA) is 75.7 Å². The molecule has 0 bridgehead atoms. The number of sulfonamides is 1. The largest absolute Gasteiger partial charge is 0.494 e. The number of methoxy groups -OCH3 is 1. The summed E-state index contributed by atoms with van der Waals surface area (Å²) >= 11 is 0. The second kappa shape index (κ2) is 8.06. The lowest BCUT2D eigenvalue weighted by atomic mass is 10.2. The van der Waals surface area contributed by atoms with Gasteiger partial charge in [0, 0.05) is 24.3 Å². The average molecular weight is 392 g/mol. The van der Waals surface area contributed by atoms with Gasteiger partial charge in [0.05, 0.1) is 12.0 Å². The van der Waals surface area contributed by atoms with Crippen LogP contribution in [0.15, 0.2) is 47.4 Å². The summed E-state index contributed by atoms with van der Waals surface area (Å²) in [6.45, 7) is 1.06. The molecule has 1 aliphatic heterocycles. The first-order valence-corrected chi connectivity index (χ1v) is 10.1. The maximum Gasteiger partial charge on any atom is 0.255 e. The van der Waals surface area contributed by atoms with E-state index in [0.29, 0.717) is 18.8 Å². The fourth-order valence-electron chi connectivity index (χ4n) is 2.98. The molecule has 1 N–H and O–H groups in total. The van der Waals surface area contributed by atoms with E-state index in [2.05, 4.69) is 5.32 Å². The number of nitrogens with one attached hydrogen (secondary N) is 1. The van der Waals surface area contributed by atoms with Gasteiger partial charge in [-0.3, -0.25) is 4.79 Å². The van der Waals surface area contributed by atoms with Gasteiger partial charge in [0.1, 0.15) is 0 Å². The van der Waals surface area contributed by atoms with Crippen LogP contribution < -0.4 is 10.1 Å². The Morgan fingerprint density at radius 3 is 2.33 bits per heavy atom. The first-order chi connectivity index (χ1) is 12.9. The molecule has 1 aliphatic rings. The van der Waals surface area contributed by atoms with Gasteiger partial charge in [0.15, 0.2) is 11.6 Å². The highest BCUT2D eigenvalue weighted by molar-refractivity contribution is 7.89. The quantitative estimate of drug-likeness (QED) is 0.847. The first kappa shape index (κ1) is 19.3. The zero-order valence-electron chi connectivity index (χ0n) is 14.9. The van der Waals surface area contributed by atoms with Crippen molar-refractivity contribution in [3.05, 3.63) is 53.8 Å². The lowest BCUT2D eigenvalue weighted by Crippen LogP contribution is -2.35. The molecule has 1 heterocycles. The number of rotatable bonds is 5. The van der Waals surface area contributed by atoms with E-state index in [4.69, 9.17) is 4.74 Å². The number of carbonyl (C=O) groups is 1. The molecule has 2 aromatic carbocycles. The smallest absolute Gasteiger partial charge is 0.255 e. The standard InChI is InChI=1S/C19H21FN2O4S/c1-26-18-10-5-14(13-17(18)20)19(23)21-15-6-8-16(9-7-15)27(24,25)22-11-3-2-4-12-22/h5-10,13H,2-4,11-12H2,1H3,(H,21,23). The molecule has 144 valence electrons. The molecular formula is C19H21FN2O4S. The predicted octanol–water partition coefficient (Wildman–Crippen LogP) is 3.26. The predicted molar refractivity (Wildman–Crippen MR) is 100.0 cm³/mol. The van der Waals surface area contributed by atoms with Crippen molar-refractivity contribution in [2.45, 2.75) is 24.2 Å². The van der Waals surface area contributed by atoms with E-state index >= 15 is 0 Å². The highest BCUT2D eigenvalue weighted by Crippen LogP contribution is 2.23. The highest BCUT2D eigenvalue weighted by atomic mass is 32.2. The van der Waals surface area contributed by atoms with Gasteiger partial charge >= 0.3 is 0 Å². The van der Waals surface area contributed by atoms with Gasteiger partial charge in [-0.1, -0.05) is 6.42 Å². The maximum absolute atomic E-state index is 13.7. The van der Waals surface area contributed by atoms with Crippen LogP contribution in [0.4, 0.5) is 10.1 Å². The number of anilines is 1. The van der Waals surface area contributed by atoms with Crippen molar-refractivity contribution < 1.29 is 22.3 Å². The fourth-order valence-corrected chi connectivity index (χ4v) is 4.49. The lowest BCUT2D eigenvalue weighted by molar-refractivity contribution is 0.102. The van der Waals surface area contributed by atoms with Crippen LogP contribution in [0.1, 0.15) is 29.6 Å². The molecule has 2 aromatic rings. The molecule has 27 heavy (non-hydrogen) atoms. The molecule has 0 radical (unpaired) electrons. The summed E-state index contributed by atoms with van der Waals surface area (Å²) in [5.74, 6) is -1.07. The number of nitrogens with zero attached hydrogens (tertiary/aromatic N) is 1.